The fraction of sp³-hybridized carbons (Fsp3) is 0.429. The molecule has 1 aliphatic heterocycles. The van der Waals surface area contributed by atoms with E-state index >= 15 is 0 Å². The molecular weight excluding hydrogens is 334 g/mol. The summed E-state index contributed by atoms with van der Waals surface area (Å²) in [5.41, 5.74) is 0.764. The Morgan fingerprint density at radius 3 is 2.62 bits per heavy atom. The van der Waals surface area contributed by atoms with Crippen LogP contribution in [-0.2, 0) is 9.84 Å². The van der Waals surface area contributed by atoms with Gasteiger partial charge in [0, 0.05) is 31.0 Å². The van der Waals surface area contributed by atoms with Crippen LogP contribution in [0.4, 0.5) is 4.79 Å². The van der Waals surface area contributed by atoms with Crippen molar-refractivity contribution in [3.8, 4) is 11.4 Å². The second-order valence-electron chi connectivity index (χ2n) is 5.50. The summed E-state index contributed by atoms with van der Waals surface area (Å²) in [5.74, 6) is 0.667. The van der Waals surface area contributed by atoms with Gasteiger partial charge in [0.1, 0.15) is 6.04 Å². The molecule has 0 aliphatic carbocycles. The van der Waals surface area contributed by atoms with Crippen LogP contribution in [0.1, 0.15) is 18.9 Å². The standard InChI is InChI=1S/C14H17N5O4S/c1-10(16-14(20)19-6-8-24(21,22)9-7-19)13-17-12(18-23-13)11-2-4-15-5-3-11/h2-5,10H,6-9H2,1H3,(H,16,20)/t10-/m1/s1. The fourth-order valence-electron chi connectivity index (χ4n) is 2.28. The highest BCUT2D eigenvalue weighted by Crippen LogP contribution is 2.18. The molecule has 9 nitrogen and oxygen atoms in total. The molecule has 0 saturated carbocycles. The van der Waals surface area contributed by atoms with Crippen LogP contribution in [0.25, 0.3) is 11.4 Å². The first-order valence-corrected chi connectivity index (χ1v) is 9.26. The van der Waals surface area contributed by atoms with Crippen molar-refractivity contribution in [3.05, 3.63) is 30.4 Å². The predicted molar refractivity (Wildman–Crippen MR) is 84.7 cm³/mol. The van der Waals surface area contributed by atoms with Crippen LogP contribution >= 0.6 is 0 Å². The third kappa shape index (κ3) is 3.70. The van der Waals surface area contributed by atoms with E-state index in [1.165, 1.54) is 4.90 Å². The molecule has 0 aromatic carbocycles. The molecule has 1 atom stereocenters. The molecule has 10 heteroatoms. The lowest BCUT2D eigenvalue weighted by atomic mass is 10.2. The minimum absolute atomic E-state index is 0.0124. The molecule has 2 aromatic rings. The first-order chi connectivity index (χ1) is 11.4. The van der Waals surface area contributed by atoms with Crippen LogP contribution in [0.2, 0.25) is 0 Å². The van der Waals surface area contributed by atoms with Gasteiger partial charge in [0.15, 0.2) is 9.84 Å². The number of nitrogens with one attached hydrogen (secondary N) is 1. The number of nitrogens with zero attached hydrogens (tertiary/aromatic N) is 4. The summed E-state index contributed by atoms with van der Waals surface area (Å²) in [5, 5.41) is 6.63. The number of rotatable bonds is 3. The zero-order valence-corrected chi connectivity index (χ0v) is 13.9. The molecule has 1 fully saturated rings. The van der Waals surface area contributed by atoms with E-state index in [4.69, 9.17) is 4.52 Å². The summed E-state index contributed by atoms with van der Waals surface area (Å²) in [4.78, 5) is 21.9. The van der Waals surface area contributed by atoms with Gasteiger partial charge in [-0.3, -0.25) is 4.98 Å². The number of urea groups is 1. The van der Waals surface area contributed by atoms with E-state index in [0.29, 0.717) is 5.82 Å². The monoisotopic (exact) mass is 351 g/mol. The Hall–Kier alpha value is -2.49. The summed E-state index contributed by atoms with van der Waals surface area (Å²) >= 11 is 0. The molecule has 1 aliphatic rings. The molecule has 128 valence electrons. The maximum Gasteiger partial charge on any atom is 0.318 e. The molecule has 3 rings (SSSR count). The lowest BCUT2D eigenvalue weighted by Gasteiger charge is -2.27. The molecular formula is C14H17N5O4S. The van der Waals surface area contributed by atoms with Crippen LogP contribution in [0, 0.1) is 0 Å². The Morgan fingerprint density at radius 2 is 1.96 bits per heavy atom. The van der Waals surface area contributed by atoms with E-state index in [-0.39, 0.29) is 36.5 Å². The largest absolute Gasteiger partial charge is 0.337 e. The number of hydrogen-bond donors (Lipinski definition) is 1. The van der Waals surface area contributed by atoms with Gasteiger partial charge in [0.25, 0.3) is 0 Å². The van der Waals surface area contributed by atoms with Gasteiger partial charge >= 0.3 is 6.03 Å². The van der Waals surface area contributed by atoms with Gasteiger partial charge in [-0.25, -0.2) is 13.2 Å². The molecule has 1 saturated heterocycles. The van der Waals surface area contributed by atoms with E-state index in [1.807, 2.05) is 0 Å². The third-order valence-electron chi connectivity index (χ3n) is 3.72. The Kier molecular flexibility index (Phi) is 4.47. The van der Waals surface area contributed by atoms with Gasteiger partial charge in [-0.05, 0) is 19.1 Å². The zero-order valence-electron chi connectivity index (χ0n) is 13.0. The van der Waals surface area contributed by atoms with Gasteiger partial charge in [-0.2, -0.15) is 4.98 Å². The van der Waals surface area contributed by atoms with Crippen molar-refractivity contribution in [2.45, 2.75) is 13.0 Å². The van der Waals surface area contributed by atoms with Crippen LogP contribution in [0.5, 0.6) is 0 Å². The molecule has 3 heterocycles. The summed E-state index contributed by atoms with van der Waals surface area (Å²) in [6.45, 7) is 2.10. The Labute approximate surface area is 139 Å². The van der Waals surface area contributed by atoms with E-state index < -0.39 is 15.9 Å². The SMILES string of the molecule is C[C@@H](NC(=O)N1CCS(=O)(=O)CC1)c1nc(-c2ccncc2)no1. The second-order valence-corrected chi connectivity index (χ2v) is 7.81. The highest BCUT2D eigenvalue weighted by Gasteiger charge is 2.27. The van der Waals surface area contributed by atoms with E-state index in [9.17, 15) is 13.2 Å². The average Bonchev–Trinajstić information content (AvgIpc) is 3.05. The quantitative estimate of drug-likeness (QED) is 0.861. The first kappa shape index (κ1) is 16.4. The minimum atomic E-state index is -3.02. The molecule has 0 bridgehead atoms. The molecule has 0 unspecified atom stereocenters. The number of carbonyl (C=O) groups excluding carboxylic acids is 1. The fourth-order valence-corrected chi connectivity index (χ4v) is 3.48. The molecule has 2 aromatic heterocycles. The van der Waals surface area contributed by atoms with Crippen LogP contribution in [-0.4, -0.2) is 59.1 Å². The van der Waals surface area contributed by atoms with E-state index in [1.54, 1.807) is 31.5 Å². The van der Waals surface area contributed by atoms with E-state index in [2.05, 4.69) is 20.4 Å². The van der Waals surface area contributed by atoms with Crippen molar-refractivity contribution in [2.75, 3.05) is 24.6 Å². The summed E-state index contributed by atoms with van der Waals surface area (Å²) in [6, 6.07) is 2.68. The Bertz CT molecular complexity index is 807. The van der Waals surface area contributed by atoms with Gasteiger partial charge in [0.05, 0.1) is 11.5 Å². The van der Waals surface area contributed by atoms with Gasteiger partial charge in [0.2, 0.25) is 11.7 Å². The van der Waals surface area contributed by atoms with Crippen molar-refractivity contribution in [3.63, 3.8) is 0 Å². The second kappa shape index (κ2) is 6.56. The van der Waals surface area contributed by atoms with Crippen LogP contribution < -0.4 is 5.32 Å². The molecule has 24 heavy (non-hydrogen) atoms. The molecule has 0 radical (unpaired) electrons. The van der Waals surface area contributed by atoms with Crippen molar-refractivity contribution in [1.82, 2.24) is 25.3 Å². The van der Waals surface area contributed by atoms with Crippen LogP contribution in [0.3, 0.4) is 0 Å². The number of aromatic nitrogens is 3. The van der Waals surface area contributed by atoms with Gasteiger partial charge in [-0.1, -0.05) is 5.16 Å². The zero-order chi connectivity index (χ0) is 17.2. The van der Waals surface area contributed by atoms with Crippen molar-refractivity contribution in [2.24, 2.45) is 0 Å². The highest BCUT2D eigenvalue weighted by molar-refractivity contribution is 7.91. The highest BCUT2D eigenvalue weighted by atomic mass is 32.2. The lowest BCUT2D eigenvalue weighted by molar-refractivity contribution is 0.196. The van der Waals surface area contributed by atoms with Gasteiger partial charge in [-0.15, -0.1) is 0 Å². The number of pyridine rings is 1. The number of hydrogen-bond acceptors (Lipinski definition) is 7. The maximum absolute atomic E-state index is 12.2. The Balaban J connectivity index is 1.62. The predicted octanol–water partition coefficient (Wildman–Crippen LogP) is 0.633. The topological polar surface area (TPSA) is 118 Å². The maximum atomic E-state index is 12.2. The number of amides is 2. The third-order valence-corrected chi connectivity index (χ3v) is 5.33. The smallest absolute Gasteiger partial charge is 0.318 e. The minimum Gasteiger partial charge on any atom is -0.337 e. The van der Waals surface area contributed by atoms with Crippen molar-refractivity contribution in [1.29, 1.82) is 0 Å². The Morgan fingerprint density at radius 1 is 1.29 bits per heavy atom. The lowest BCUT2D eigenvalue weighted by Crippen LogP contribution is -2.48. The first-order valence-electron chi connectivity index (χ1n) is 7.44. The molecule has 2 amide bonds. The van der Waals surface area contributed by atoms with Crippen molar-refractivity contribution < 1.29 is 17.7 Å². The van der Waals surface area contributed by atoms with Crippen LogP contribution in [0.15, 0.2) is 29.0 Å². The summed E-state index contributed by atoms with van der Waals surface area (Å²) < 4.78 is 28.0. The molecule has 0 spiro atoms. The normalized spacial score (nSPS) is 18.1. The number of carbonyl (C=O) groups is 1. The van der Waals surface area contributed by atoms with E-state index in [0.717, 1.165) is 5.56 Å². The number of sulfone groups is 1. The van der Waals surface area contributed by atoms with Gasteiger partial charge < -0.3 is 14.7 Å². The van der Waals surface area contributed by atoms with Crippen molar-refractivity contribution >= 4 is 15.9 Å². The summed E-state index contributed by atoms with van der Waals surface area (Å²) in [7, 11) is -3.02. The average molecular weight is 351 g/mol. The summed E-state index contributed by atoms with van der Waals surface area (Å²) in [6.07, 6.45) is 3.25. The molecule has 1 N–H and O–H groups in total.